The molecule has 0 aromatic rings. The fourth-order valence-electron chi connectivity index (χ4n) is 2.85. The molecule has 1 fully saturated rings. The Balaban J connectivity index is 2.33. The summed E-state index contributed by atoms with van der Waals surface area (Å²) in [5, 5.41) is 6.51. The molecule has 1 aliphatic rings. The molecular weight excluding hydrogens is 212 g/mol. The van der Waals surface area contributed by atoms with E-state index in [1.165, 1.54) is 32.1 Å². The molecule has 100 valence electrons. The molecule has 0 radical (unpaired) electrons. The van der Waals surface area contributed by atoms with Crippen molar-refractivity contribution in [3.63, 3.8) is 0 Å². The first kappa shape index (κ1) is 14.5. The standard InChI is InChI=1S/C14H28N2O/c1-4-12-8-6-7-9-13(12)16-14(17)10-11(3)15-5-2/h11-13,15H,4-10H2,1-3H3,(H,16,17). The van der Waals surface area contributed by atoms with Gasteiger partial charge in [-0.15, -0.1) is 0 Å². The van der Waals surface area contributed by atoms with Gasteiger partial charge in [0.1, 0.15) is 0 Å². The van der Waals surface area contributed by atoms with Crippen LogP contribution in [0.2, 0.25) is 0 Å². The van der Waals surface area contributed by atoms with E-state index in [-0.39, 0.29) is 11.9 Å². The van der Waals surface area contributed by atoms with Crippen molar-refractivity contribution in [2.75, 3.05) is 6.54 Å². The van der Waals surface area contributed by atoms with Gasteiger partial charge in [0.2, 0.25) is 5.91 Å². The molecule has 3 unspecified atom stereocenters. The monoisotopic (exact) mass is 240 g/mol. The lowest BCUT2D eigenvalue weighted by atomic mass is 9.83. The van der Waals surface area contributed by atoms with Crippen molar-refractivity contribution in [2.24, 2.45) is 5.92 Å². The summed E-state index contributed by atoms with van der Waals surface area (Å²) in [5.74, 6) is 0.908. The van der Waals surface area contributed by atoms with Gasteiger partial charge < -0.3 is 10.6 Å². The van der Waals surface area contributed by atoms with Gasteiger partial charge in [0.05, 0.1) is 0 Å². The number of hydrogen-bond acceptors (Lipinski definition) is 2. The Morgan fingerprint density at radius 1 is 1.29 bits per heavy atom. The van der Waals surface area contributed by atoms with Crippen LogP contribution in [0.25, 0.3) is 0 Å². The largest absolute Gasteiger partial charge is 0.353 e. The third-order valence-electron chi connectivity index (χ3n) is 3.82. The first-order valence-corrected chi connectivity index (χ1v) is 7.20. The van der Waals surface area contributed by atoms with Crippen LogP contribution in [0.3, 0.4) is 0 Å². The minimum atomic E-state index is 0.212. The van der Waals surface area contributed by atoms with Crippen molar-refractivity contribution in [1.29, 1.82) is 0 Å². The number of carbonyl (C=O) groups excluding carboxylic acids is 1. The summed E-state index contributed by atoms with van der Waals surface area (Å²) in [5.41, 5.74) is 0. The second kappa shape index (κ2) is 7.70. The van der Waals surface area contributed by atoms with E-state index in [1.54, 1.807) is 0 Å². The highest BCUT2D eigenvalue weighted by Gasteiger charge is 2.25. The summed E-state index contributed by atoms with van der Waals surface area (Å²) in [6, 6.07) is 0.707. The Morgan fingerprint density at radius 2 is 2.00 bits per heavy atom. The molecule has 1 rings (SSSR count). The molecule has 0 aromatic carbocycles. The molecule has 3 atom stereocenters. The Bertz CT molecular complexity index is 230. The van der Waals surface area contributed by atoms with Crippen molar-refractivity contribution in [2.45, 2.75) is 71.4 Å². The van der Waals surface area contributed by atoms with E-state index in [9.17, 15) is 4.79 Å². The quantitative estimate of drug-likeness (QED) is 0.749. The maximum absolute atomic E-state index is 11.9. The molecule has 3 heteroatoms. The summed E-state index contributed by atoms with van der Waals surface area (Å²) in [7, 11) is 0. The maximum Gasteiger partial charge on any atom is 0.221 e. The fraction of sp³-hybridized carbons (Fsp3) is 0.929. The highest BCUT2D eigenvalue weighted by molar-refractivity contribution is 5.76. The smallest absolute Gasteiger partial charge is 0.221 e. The van der Waals surface area contributed by atoms with E-state index in [0.717, 1.165) is 6.54 Å². The average molecular weight is 240 g/mol. The van der Waals surface area contributed by atoms with Crippen LogP contribution >= 0.6 is 0 Å². The fourth-order valence-corrected chi connectivity index (χ4v) is 2.85. The van der Waals surface area contributed by atoms with E-state index in [2.05, 4.69) is 31.4 Å². The zero-order valence-corrected chi connectivity index (χ0v) is 11.6. The van der Waals surface area contributed by atoms with Gasteiger partial charge in [0.25, 0.3) is 0 Å². The van der Waals surface area contributed by atoms with Crippen LogP contribution in [0.1, 0.15) is 59.3 Å². The molecule has 2 N–H and O–H groups in total. The lowest BCUT2D eigenvalue weighted by Gasteiger charge is -2.31. The summed E-state index contributed by atoms with van der Waals surface area (Å²) in [6.45, 7) is 7.30. The lowest BCUT2D eigenvalue weighted by molar-refractivity contribution is -0.122. The second-order valence-corrected chi connectivity index (χ2v) is 5.29. The summed E-state index contributed by atoms with van der Waals surface area (Å²) >= 11 is 0. The van der Waals surface area contributed by atoms with Crippen molar-refractivity contribution in [1.82, 2.24) is 10.6 Å². The summed E-state index contributed by atoms with van der Waals surface area (Å²) in [6.07, 6.45) is 6.83. The van der Waals surface area contributed by atoms with Crippen molar-refractivity contribution in [3.05, 3.63) is 0 Å². The van der Waals surface area contributed by atoms with E-state index in [4.69, 9.17) is 0 Å². The maximum atomic E-state index is 11.9. The zero-order chi connectivity index (χ0) is 12.7. The molecule has 1 amide bonds. The average Bonchev–Trinajstić information content (AvgIpc) is 2.29. The molecule has 1 aliphatic carbocycles. The first-order chi connectivity index (χ1) is 8.17. The van der Waals surface area contributed by atoms with Gasteiger partial charge in [-0.1, -0.05) is 33.1 Å². The molecule has 17 heavy (non-hydrogen) atoms. The molecule has 0 aliphatic heterocycles. The number of carbonyl (C=O) groups is 1. The predicted molar refractivity (Wildman–Crippen MR) is 71.9 cm³/mol. The van der Waals surface area contributed by atoms with Crippen LogP contribution < -0.4 is 10.6 Å². The second-order valence-electron chi connectivity index (χ2n) is 5.29. The predicted octanol–water partition coefficient (Wildman–Crippen LogP) is 2.46. The minimum absolute atomic E-state index is 0.212. The normalized spacial score (nSPS) is 26.5. The number of amides is 1. The highest BCUT2D eigenvalue weighted by Crippen LogP contribution is 2.26. The van der Waals surface area contributed by atoms with Crippen LogP contribution in [-0.4, -0.2) is 24.5 Å². The molecule has 0 saturated heterocycles. The van der Waals surface area contributed by atoms with Gasteiger partial charge in [0, 0.05) is 18.5 Å². The first-order valence-electron chi connectivity index (χ1n) is 7.20. The van der Waals surface area contributed by atoms with Crippen LogP contribution in [0, 0.1) is 5.92 Å². The SMILES string of the molecule is CCNC(C)CC(=O)NC1CCCCC1CC. The van der Waals surface area contributed by atoms with E-state index < -0.39 is 0 Å². The zero-order valence-electron chi connectivity index (χ0n) is 11.6. The third-order valence-corrected chi connectivity index (χ3v) is 3.82. The van der Waals surface area contributed by atoms with E-state index >= 15 is 0 Å². The van der Waals surface area contributed by atoms with Crippen LogP contribution in [0.4, 0.5) is 0 Å². The summed E-state index contributed by atoms with van der Waals surface area (Å²) < 4.78 is 0. The summed E-state index contributed by atoms with van der Waals surface area (Å²) in [4.78, 5) is 11.9. The van der Waals surface area contributed by atoms with Crippen LogP contribution in [0.15, 0.2) is 0 Å². The molecule has 0 bridgehead atoms. The third kappa shape index (κ3) is 5.07. The molecule has 0 heterocycles. The van der Waals surface area contributed by atoms with Crippen molar-refractivity contribution >= 4 is 5.91 Å². The van der Waals surface area contributed by atoms with E-state index in [1.807, 2.05) is 0 Å². The highest BCUT2D eigenvalue weighted by atomic mass is 16.1. The number of hydrogen-bond donors (Lipinski definition) is 2. The van der Waals surface area contributed by atoms with E-state index in [0.29, 0.717) is 18.4 Å². The Morgan fingerprint density at radius 3 is 2.65 bits per heavy atom. The molecule has 1 saturated carbocycles. The molecule has 0 spiro atoms. The molecular formula is C14H28N2O. The topological polar surface area (TPSA) is 41.1 Å². The lowest BCUT2D eigenvalue weighted by Crippen LogP contribution is -2.44. The Kier molecular flexibility index (Phi) is 6.56. The van der Waals surface area contributed by atoms with Crippen molar-refractivity contribution in [3.8, 4) is 0 Å². The van der Waals surface area contributed by atoms with Crippen molar-refractivity contribution < 1.29 is 4.79 Å². The van der Waals surface area contributed by atoms with Gasteiger partial charge in [-0.05, 0) is 32.2 Å². The Labute approximate surface area is 106 Å². The van der Waals surface area contributed by atoms with Gasteiger partial charge in [-0.3, -0.25) is 4.79 Å². The van der Waals surface area contributed by atoms with Crippen LogP contribution in [-0.2, 0) is 4.79 Å². The van der Waals surface area contributed by atoms with Gasteiger partial charge in [-0.2, -0.15) is 0 Å². The minimum Gasteiger partial charge on any atom is -0.353 e. The van der Waals surface area contributed by atoms with Gasteiger partial charge in [0.15, 0.2) is 0 Å². The Hall–Kier alpha value is -0.570. The van der Waals surface area contributed by atoms with Gasteiger partial charge in [-0.25, -0.2) is 0 Å². The number of rotatable bonds is 6. The molecule has 0 aromatic heterocycles. The number of nitrogens with one attached hydrogen (secondary N) is 2. The molecule has 3 nitrogen and oxygen atoms in total. The van der Waals surface area contributed by atoms with Crippen LogP contribution in [0.5, 0.6) is 0 Å². The van der Waals surface area contributed by atoms with Gasteiger partial charge >= 0.3 is 0 Å².